The number of carbonyl (C=O) groups is 1. The van der Waals surface area contributed by atoms with Gasteiger partial charge in [-0.15, -0.1) is 0 Å². The molecule has 0 spiro atoms. The zero-order valence-electron chi connectivity index (χ0n) is 20.7. The summed E-state index contributed by atoms with van der Waals surface area (Å²) in [6.45, 7) is 0. The first-order valence-corrected chi connectivity index (χ1v) is 13.2. The molecule has 0 bridgehead atoms. The number of carbonyl (C=O) groups excluding carboxylic acids is 1. The number of aromatic nitrogens is 2. The third-order valence-electron chi connectivity index (χ3n) is 6.76. The Kier molecular flexibility index (Phi) is 6.75. The molecule has 0 aliphatic carbocycles. The van der Waals surface area contributed by atoms with Crippen LogP contribution in [0, 0.1) is 0 Å². The molecule has 0 aliphatic heterocycles. The van der Waals surface area contributed by atoms with Crippen molar-refractivity contribution in [3.05, 3.63) is 137 Å². The third kappa shape index (κ3) is 5.10. The molecule has 6 rings (SSSR count). The average molecular weight is 550 g/mol. The normalized spacial score (nSPS) is 11.1. The van der Waals surface area contributed by atoms with Crippen LogP contribution in [0.4, 0.5) is 5.69 Å². The summed E-state index contributed by atoms with van der Waals surface area (Å²) in [5.74, 6) is -0.332. The smallest absolute Gasteiger partial charge is 0.269 e. The number of hydrazine groups is 1. The topological polar surface area (TPSA) is 84.7 Å². The number of hydrogen-bond donors (Lipinski definition) is 5. The molecule has 4 aromatic carbocycles. The molecule has 0 fully saturated rings. The van der Waals surface area contributed by atoms with E-state index in [9.17, 15) is 4.79 Å². The van der Waals surface area contributed by atoms with Gasteiger partial charge in [0.15, 0.2) is 5.11 Å². The molecule has 0 radical (unpaired) electrons. The summed E-state index contributed by atoms with van der Waals surface area (Å²) in [6, 6.07) is 31.4. The second-order valence-corrected chi connectivity index (χ2v) is 10.0. The van der Waals surface area contributed by atoms with Gasteiger partial charge in [0.2, 0.25) is 0 Å². The number of benzene rings is 4. The van der Waals surface area contributed by atoms with Crippen molar-refractivity contribution in [2.24, 2.45) is 0 Å². The number of nitrogens with one attached hydrogen (secondary N) is 5. The van der Waals surface area contributed by atoms with E-state index in [4.69, 9.17) is 23.8 Å². The number of hydrogen-bond acceptors (Lipinski definition) is 2. The van der Waals surface area contributed by atoms with E-state index >= 15 is 0 Å². The Hall–Kier alpha value is -4.59. The predicted molar refractivity (Wildman–Crippen MR) is 162 cm³/mol. The van der Waals surface area contributed by atoms with Crippen molar-refractivity contribution in [3.8, 4) is 0 Å². The van der Waals surface area contributed by atoms with Crippen LogP contribution in [0.1, 0.15) is 33.0 Å². The summed E-state index contributed by atoms with van der Waals surface area (Å²) in [6.07, 6.45) is 4.16. The largest absolute Gasteiger partial charge is 0.361 e. The van der Waals surface area contributed by atoms with Gasteiger partial charge in [-0.1, -0.05) is 60.1 Å². The van der Waals surface area contributed by atoms with Crippen molar-refractivity contribution in [1.82, 2.24) is 20.8 Å². The Morgan fingerprint density at radius 2 is 1.28 bits per heavy atom. The van der Waals surface area contributed by atoms with Crippen LogP contribution in [0.3, 0.4) is 0 Å². The number of anilines is 1. The second kappa shape index (κ2) is 10.6. The molecule has 0 saturated carbocycles. The van der Waals surface area contributed by atoms with Crippen LogP contribution in [0.2, 0.25) is 5.02 Å². The Labute approximate surface area is 235 Å². The van der Waals surface area contributed by atoms with Gasteiger partial charge in [0, 0.05) is 56.4 Å². The van der Waals surface area contributed by atoms with E-state index in [0.717, 1.165) is 22.3 Å². The zero-order chi connectivity index (χ0) is 26.8. The van der Waals surface area contributed by atoms with E-state index in [1.54, 1.807) is 24.3 Å². The van der Waals surface area contributed by atoms with Crippen LogP contribution in [0.15, 0.2) is 109 Å². The van der Waals surface area contributed by atoms with Crippen LogP contribution in [-0.2, 0) is 0 Å². The van der Waals surface area contributed by atoms with Crippen molar-refractivity contribution < 1.29 is 4.79 Å². The van der Waals surface area contributed by atoms with E-state index < -0.39 is 0 Å². The first-order valence-electron chi connectivity index (χ1n) is 12.4. The lowest BCUT2D eigenvalue weighted by Gasteiger charge is -2.18. The Balaban J connectivity index is 1.25. The molecule has 8 heteroatoms. The van der Waals surface area contributed by atoms with Gasteiger partial charge in [-0.2, -0.15) is 0 Å². The van der Waals surface area contributed by atoms with Gasteiger partial charge >= 0.3 is 0 Å². The summed E-state index contributed by atoms with van der Waals surface area (Å²) < 4.78 is 0. The molecule has 0 atom stereocenters. The average Bonchev–Trinajstić information content (AvgIpc) is 3.59. The lowest BCUT2D eigenvalue weighted by Crippen LogP contribution is -2.43. The fourth-order valence-electron chi connectivity index (χ4n) is 4.90. The number of aromatic amines is 2. The maximum Gasteiger partial charge on any atom is 0.269 e. The number of para-hydroxylation sites is 2. The van der Waals surface area contributed by atoms with Gasteiger partial charge in [0.25, 0.3) is 5.91 Å². The van der Waals surface area contributed by atoms with Gasteiger partial charge in [0.1, 0.15) is 0 Å². The van der Waals surface area contributed by atoms with Crippen molar-refractivity contribution in [2.45, 2.75) is 5.92 Å². The molecule has 0 aliphatic rings. The Bertz CT molecular complexity index is 1720. The highest BCUT2D eigenvalue weighted by molar-refractivity contribution is 7.80. The number of fused-ring (bicyclic) bond motifs is 2. The van der Waals surface area contributed by atoms with E-state index in [1.807, 2.05) is 36.4 Å². The summed E-state index contributed by atoms with van der Waals surface area (Å²) in [5, 5.41) is 6.23. The molecule has 192 valence electrons. The van der Waals surface area contributed by atoms with Gasteiger partial charge in [-0.3, -0.25) is 15.6 Å². The van der Waals surface area contributed by atoms with E-state index in [2.05, 4.69) is 74.9 Å². The molecular weight excluding hydrogens is 526 g/mol. The number of H-pyrrole nitrogens is 2. The number of amides is 1. The highest BCUT2D eigenvalue weighted by atomic mass is 35.5. The van der Waals surface area contributed by atoms with E-state index in [-0.39, 0.29) is 16.9 Å². The van der Waals surface area contributed by atoms with Crippen LogP contribution in [-0.4, -0.2) is 21.0 Å². The molecule has 0 unspecified atom stereocenters. The van der Waals surface area contributed by atoms with Crippen LogP contribution in [0.5, 0.6) is 0 Å². The molecule has 0 saturated heterocycles. The van der Waals surface area contributed by atoms with Crippen molar-refractivity contribution in [1.29, 1.82) is 0 Å². The van der Waals surface area contributed by atoms with Crippen LogP contribution in [0.25, 0.3) is 21.8 Å². The second-order valence-electron chi connectivity index (χ2n) is 9.17. The summed E-state index contributed by atoms with van der Waals surface area (Å²) >= 11 is 11.2. The highest BCUT2D eigenvalue weighted by Gasteiger charge is 2.23. The molecule has 2 heterocycles. The molecule has 39 heavy (non-hydrogen) atoms. The summed E-state index contributed by atoms with van der Waals surface area (Å²) in [5.41, 5.74) is 12.3. The monoisotopic (exact) mass is 549 g/mol. The van der Waals surface area contributed by atoms with Crippen LogP contribution >= 0.6 is 23.8 Å². The highest BCUT2D eigenvalue weighted by Crippen LogP contribution is 2.39. The quantitative estimate of drug-likeness (QED) is 0.117. The van der Waals surface area contributed by atoms with Crippen LogP contribution < -0.4 is 16.2 Å². The predicted octanol–water partition coefficient (Wildman–Crippen LogP) is 7.11. The third-order valence-corrected chi connectivity index (χ3v) is 7.22. The molecule has 5 N–H and O–H groups in total. The minimum Gasteiger partial charge on any atom is -0.361 e. The zero-order valence-corrected chi connectivity index (χ0v) is 22.2. The van der Waals surface area contributed by atoms with E-state index in [1.165, 1.54) is 21.9 Å². The van der Waals surface area contributed by atoms with Gasteiger partial charge < -0.3 is 15.3 Å². The minimum absolute atomic E-state index is 0.0383. The first kappa shape index (κ1) is 24.7. The van der Waals surface area contributed by atoms with Gasteiger partial charge in [0.05, 0.1) is 0 Å². The SMILES string of the molecule is O=C(NNC(=S)Nc1ccc(Cl)cc1)c1ccc(C(c2c[nH]c3ccccc23)c2c[nH]c3ccccc23)cc1. The molecule has 6 nitrogen and oxygen atoms in total. The van der Waals surface area contributed by atoms with Gasteiger partial charge in [-0.05, 0) is 77.4 Å². The Morgan fingerprint density at radius 3 is 1.87 bits per heavy atom. The maximum absolute atomic E-state index is 12.8. The summed E-state index contributed by atoms with van der Waals surface area (Å²) in [4.78, 5) is 19.7. The standard InChI is InChI=1S/C31H24ClN5OS/c32-21-13-15-22(16-14-21)35-31(39)37-36-30(38)20-11-9-19(10-12-20)29(25-17-33-27-7-3-1-5-23(25)27)26-18-34-28-8-4-2-6-24(26)28/h1-18,29,33-34H,(H,36,38)(H2,35,37,39). The molecular formula is C31H24ClN5OS. The Morgan fingerprint density at radius 1 is 0.718 bits per heavy atom. The number of thiocarbonyl (C=S) groups is 1. The molecule has 6 aromatic rings. The molecule has 1 amide bonds. The van der Waals surface area contributed by atoms with Crippen molar-refractivity contribution in [2.75, 3.05) is 5.32 Å². The van der Waals surface area contributed by atoms with Crippen molar-refractivity contribution in [3.63, 3.8) is 0 Å². The molecule has 2 aromatic heterocycles. The fourth-order valence-corrected chi connectivity index (χ4v) is 5.20. The number of halogens is 1. The number of rotatable bonds is 5. The lowest BCUT2D eigenvalue weighted by molar-refractivity contribution is 0.0944. The minimum atomic E-state index is -0.294. The fraction of sp³-hybridized carbons (Fsp3) is 0.0323. The maximum atomic E-state index is 12.8. The lowest BCUT2D eigenvalue weighted by atomic mass is 9.84. The summed E-state index contributed by atoms with van der Waals surface area (Å²) in [7, 11) is 0. The van der Waals surface area contributed by atoms with Gasteiger partial charge in [-0.25, -0.2) is 0 Å². The van der Waals surface area contributed by atoms with E-state index in [0.29, 0.717) is 10.6 Å². The van der Waals surface area contributed by atoms with Crippen molar-refractivity contribution >= 4 is 62.3 Å². The first-order chi connectivity index (χ1) is 19.1.